The van der Waals surface area contributed by atoms with Crippen LogP contribution in [0.4, 0.5) is 5.69 Å². The van der Waals surface area contributed by atoms with Gasteiger partial charge in [-0.15, -0.1) is 0 Å². The highest BCUT2D eigenvalue weighted by Gasteiger charge is 2.46. The normalized spacial score (nSPS) is 22.4. The minimum absolute atomic E-state index is 0.198. The number of anilines is 1. The van der Waals surface area contributed by atoms with Gasteiger partial charge in [-0.3, -0.25) is 4.79 Å². The zero-order chi connectivity index (χ0) is 18.3. The molecular formula is C23H28N2O. The molecule has 1 unspecified atom stereocenters. The molecule has 0 bridgehead atoms. The van der Waals surface area contributed by atoms with Gasteiger partial charge in [-0.1, -0.05) is 42.0 Å². The fraction of sp³-hybridized carbons (Fsp3) is 0.435. The minimum Gasteiger partial charge on any atom is -0.368 e. The van der Waals surface area contributed by atoms with Gasteiger partial charge in [-0.05, 0) is 55.9 Å². The van der Waals surface area contributed by atoms with Crippen molar-refractivity contribution in [1.82, 2.24) is 4.90 Å². The predicted molar refractivity (Wildman–Crippen MR) is 107 cm³/mol. The van der Waals surface area contributed by atoms with E-state index >= 15 is 0 Å². The van der Waals surface area contributed by atoms with E-state index in [-0.39, 0.29) is 5.92 Å². The summed E-state index contributed by atoms with van der Waals surface area (Å²) < 4.78 is 0. The van der Waals surface area contributed by atoms with Crippen molar-refractivity contribution in [3.05, 3.63) is 64.7 Å². The van der Waals surface area contributed by atoms with Crippen LogP contribution in [0.5, 0.6) is 0 Å². The van der Waals surface area contributed by atoms with E-state index in [1.54, 1.807) is 0 Å². The van der Waals surface area contributed by atoms with Crippen molar-refractivity contribution in [3.63, 3.8) is 0 Å². The molecular weight excluding hydrogens is 320 g/mol. The van der Waals surface area contributed by atoms with E-state index in [0.29, 0.717) is 11.8 Å². The molecule has 0 spiro atoms. The molecule has 0 N–H and O–H groups in total. The SMILES string of the molecule is Cc1cccc([C@@H]2CC2C(=O)N2CCN(c3cc(C)ccc3C)CC2)c1. The summed E-state index contributed by atoms with van der Waals surface area (Å²) in [6, 6.07) is 15.2. The fourth-order valence-electron chi connectivity index (χ4n) is 4.20. The molecule has 0 radical (unpaired) electrons. The number of carbonyl (C=O) groups excluding carboxylic acids is 1. The molecule has 2 fully saturated rings. The Kier molecular flexibility index (Phi) is 4.47. The van der Waals surface area contributed by atoms with Crippen molar-refractivity contribution in [2.75, 3.05) is 31.1 Å². The van der Waals surface area contributed by atoms with Crippen molar-refractivity contribution in [3.8, 4) is 0 Å². The Labute approximate surface area is 156 Å². The van der Waals surface area contributed by atoms with E-state index in [2.05, 4.69) is 73.0 Å². The number of hydrogen-bond donors (Lipinski definition) is 0. The number of carbonyl (C=O) groups is 1. The van der Waals surface area contributed by atoms with Crippen LogP contribution in [0.25, 0.3) is 0 Å². The third-order valence-corrected chi connectivity index (χ3v) is 5.87. The molecule has 26 heavy (non-hydrogen) atoms. The molecule has 4 rings (SSSR count). The van der Waals surface area contributed by atoms with E-state index < -0.39 is 0 Å². The lowest BCUT2D eigenvalue weighted by Gasteiger charge is -2.37. The smallest absolute Gasteiger partial charge is 0.226 e. The van der Waals surface area contributed by atoms with Crippen molar-refractivity contribution in [2.24, 2.45) is 5.92 Å². The Morgan fingerprint density at radius 2 is 1.65 bits per heavy atom. The Bertz CT molecular complexity index is 821. The highest BCUT2D eigenvalue weighted by molar-refractivity contribution is 5.83. The van der Waals surface area contributed by atoms with Crippen molar-refractivity contribution >= 4 is 11.6 Å². The third kappa shape index (κ3) is 3.35. The number of aryl methyl sites for hydroxylation is 3. The molecule has 136 valence electrons. The summed E-state index contributed by atoms with van der Waals surface area (Å²) in [5.74, 6) is 0.987. The lowest BCUT2D eigenvalue weighted by Crippen LogP contribution is -2.49. The quantitative estimate of drug-likeness (QED) is 0.835. The van der Waals surface area contributed by atoms with Gasteiger partial charge in [0.25, 0.3) is 0 Å². The standard InChI is InChI=1S/C23H28N2O/c1-16-5-4-6-19(13-16)20-15-21(20)23(26)25-11-9-24(10-12-25)22-14-17(2)7-8-18(22)3/h4-8,13-14,20-21H,9-12,15H2,1-3H3/t20-,21?/m0/s1. The minimum atomic E-state index is 0.198. The van der Waals surface area contributed by atoms with Gasteiger partial charge < -0.3 is 9.80 Å². The Balaban J connectivity index is 1.36. The van der Waals surface area contributed by atoms with Gasteiger partial charge in [0, 0.05) is 37.8 Å². The van der Waals surface area contributed by atoms with Crippen molar-refractivity contribution < 1.29 is 4.79 Å². The summed E-state index contributed by atoms with van der Waals surface area (Å²) in [6.45, 7) is 9.96. The number of benzene rings is 2. The first-order valence-corrected chi connectivity index (χ1v) is 9.70. The Hall–Kier alpha value is -2.29. The Morgan fingerprint density at radius 1 is 0.923 bits per heavy atom. The van der Waals surface area contributed by atoms with Gasteiger partial charge in [-0.2, -0.15) is 0 Å². The maximum atomic E-state index is 12.9. The second-order valence-electron chi connectivity index (χ2n) is 7.97. The number of amides is 1. The summed E-state index contributed by atoms with van der Waals surface area (Å²) in [5.41, 5.74) is 6.54. The molecule has 1 amide bonds. The number of hydrogen-bond acceptors (Lipinski definition) is 2. The Morgan fingerprint density at radius 3 is 2.38 bits per heavy atom. The summed E-state index contributed by atoms with van der Waals surface area (Å²) in [6.07, 6.45) is 1.01. The zero-order valence-corrected chi connectivity index (χ0v) is 16.0. The maximum absolute atomic E-state index is 12.9. The molecule has 1 heterocycles. The molecule has 3 heteroatoms. The molecule has 1 aliphatic carbocycles. The van der Waals surface area contributed by atoms with E-state index in [4.69, 9.17) is 0 Å². The summed E-state index contributed by atoms with van der Waals surface area (Å²) in [4.78, 5) is 17.4. The number of nitrogens with zero attached hydrogens (tertiary/aromatic N) is 2. The first-order chi connectivity index (χ1) is 12.5. The summed E-state index contributed by atoms with van der Waals surface area (Å²) in [7, 11) is 0. The zero-order valence-electron chi connectivity index (χ0n) is 16.0. The van der Waals surface area contributed by atoms with Gasteiger partial charge in [0.05, 0.1) is 0 Å². The fourth-order valence-corrected chi connectivity index (χ4v) is 4.20. The summed E-state index contributed by atoms with van der Waals surface area (Å²) >= 11 is 0. The molecule has 1 aliphatic heterocycles. The second kappa shape index (κ2) is 6.79. The molecule has 1 saturated heterocycles. The van der Waals surface area contributed by atoms with E-state index in [1.165, 1.54) is 27.9 Å². The largest absolute Gasteiger partial charge is 0.368 e. The highest BCUT2D eigenvalue weighted by atomic mass is 16.2. The molecule has 2 aromatic carbocycles. The van der Waals surface area contributed by atoms with Crippen LogP contribution in [0.3, 0.4) is 0 Å². The van der Waals surface area contributed by atoms with Crippen LogP contribution in [0, 0.1) is 26.7 Å². The van der Waals surface area contributed by atoms with Crippen LogP contribution in [-0.2, 0) is 4.79 Å². The van der Waals surface area contributed by atoms with E-state index in [0.717, 1.165) is 32.6 Å². The first kappa shape index (κ1) is 17.1. The van der Waals surface area contributed by atoms with Crippen LogP contribution in [0.15, 0.2) is 42.5 Å². The van der Waals surface area contributed by atoms with Gasteiger partial charge >= 0.3 is 0 Å². The number of rotatable bonds is 3. The van der Waals surface area contributed by atoms with Crippen molar-refractivity contribution in [2.45, 2.75) is 33.1 Å². The average Bonchev–Trinajstić information content (AvgIpc) is 3.44. The van der Waals surface area contributed by atoms with E-state index in [1.807, 2.05) is 0 Å². The molecule has 2 atom stereocenters. The monoisotopic (exact) mass is 348 g/mol. The van der Waals surface area contributed by atoms with Gasteiger partial charge in [-0.25, -0.2) is 0 Å². The lowest BCUT2D eigenvalue weighted by atomic mass is 10.1. The second-order valence-corrected chi connectivity index (χ2v) is 7.97. The van der Waals surface area contributed by atoms with Crippen LogP contribution in [0.1, 0.15) is 34.6 Å². The predicted octanol–water partition coefficient (Wildman–Crippen LogP) is 4.06. The van der Waals surface area contributed by atoms with Crippen LogP contribution in [0.2, 0.25) is 0 Å². The lowest BCUT2D eigenvalue weighted by molar-refractivity contribution is -0.132. The molecule has 2 aromatic rings. The molecule has 0 aromatic heterocycles. The van der Waals surface area contributed by atoms with Gasteiger partial charge in [0.2, 0.25) is 5.91 Å². The van der Waals surface area contributed by atoms with Gasteiger partial charge in [0.15, 0.2) is 0 Å². The maximum Gasteiger partial charge on any atom is 0.226 e. The first-order valence-electron chi connectivity index (χ1n) is 9.70. The highest BCUT2D eigenvalue weighted by Crippen LogP contribution is 2.48. The molecule has 1 saturated carbocycles. The molecule has 3 nitrogen and oxygen atoms in total. The van der Waals surface area contributed by atoms with Crippen LogP contribution in [-0.4, -0.2) is 37.0 Å². The molecule has 2 aliphatic rings. The number of piperazine rings is 1. The van der Waals surface area contributed by atoms with Gasteiger partial charge in [0.1, 0.15) is 0 Å². The van der Waals surface area contributed by atoms with Crippen LogP contribution < -0.4 is 4.90 Å². The topological polar surface area (TPSA) is 23.6 Å². The summed E-state index contributed by atoms with van der Waals surface area (Å²) in [5, 5.41) is 0. The van der Waals surface area contributed by atoms with E-state index in [9.17, 15) is 4.79 Å². The van der Waals surface area contributed by atoms with Crippen LogP contribution >= 0.6 is 0 Å². The average molecular weight is 348 g/mol. The van der Waals surface area contributed by atoms with Crippen molar-refractivity contribution in [1.29, 1.82) is 0 Å². The third-order valence-electron chi connectivity index (χ3n) is 5.87.